The average Bonchev–Trinajstić information content (AvgIpc) is 2.33. The second kappa shape index (κ2) is 1.80. The average molecular weight is 134 g/mol. The van der Waals surface area contributed by atoms with Gasteiger partial charge in [0.15, 0.2) is 5.78 Å². The molecule has 0 aromatic carbocycles. The molecule has 0 saturated carbocycles. The van der Waals surface area contributed by atoms with E-state index in [0.717, 1.165) is 11.3 Å². The van der Waals surface area contributed by atoms with Gasteiger partial charge in [0.1, 0.15) is 0 Å². The second-order valence-corrected chi connectivity index (χ2v) is 2.24. The van der Waals surface area contributed by atoms with Crippen molar-refractivity contribution in [3.8, 4) is 0 Å². The molecule has 0 aromatic rings. The Labute approximate surface area is 58.1 Å². The Kier molecular flexibility index (Phi) is 0.974. The van der Waals surface area contributed by atoms with Crippen molar-refractivity contribution in [3.05, 3.63) is 23.5 Å². The first-order valence-electron chi connectivity index (χ1n) is 3.08. The van der Waals surface area contributed by atoms with Gasteiger partial charge in [-0.15, -0.1) is 0 Å². The predicted molar refractivity (Wildman–Crippen MR) is 37.7 cm³/mol. The van der Waals surface area contributed by atoms with Crippen molar-refractivity contribution in [3.63, 3.8) is 0 Å². The summed E-state index contributed by atoms with van der Waals surface area (Å²) in [5.41, 5.74) is 1.86. The minimum atomic E-state index is 0.112. The summed E-state index contributed by atoms with van der Waals surface area (Å²) in [6.07, 6.45) is 5.01. The highest BCUT2D eigenvalue weighted by Crippen LogP contribution is 2.13. The van der Waals surface area contributed by atoms with E-state index in [0.29, 0.717) is 6.54 Å². The van der Waals surface area contributed by atoms with Gasteiger partial charge in [0.05, 0.1) is 18.4 Å². The van der Waals surface area contributed by atoms with Crippen molar-refractivity contribution in [2.75, 3.05) is 6.54 Å². The van der Waals surface area contributed by atoms with Crippen molar-refractivity contribution in [2.24, 2.45) is 4.99 Å². The van der Waals surface area contributed by atoms with Crippen molar-refractivity contribution in [2.45, 2.75) is 0 Å². The lowest BCUT2D eigenvalue weighted by atomic mass is 10.1. The fraction of sp³-hybridized carbons (Fsp3) is 0.143. The molecule has 2 rings (SSSR count). The second-order valence-electron chi connectivity index (χ2n) is 2.24. The molecule has 0 bridgehead atoms. The molecule has 3 nitrogen and oxygen atoms in total. The molecule has 0 aliphatic carbocycles. The molecular formula is C7H6N2O. The Morgan fingerprint density at radius 3 is 3.40 bits per heavy atom. The SMILES string of the molecule is O=C1C=C2C=NC=C2NC1. The van der Waals surface area contributed by atoms with E-state index in [9.17, 15) is 4.79 Å². The number of ketones is 1. The van der Waals surface area contributed by atoms with E-state index < -0.39 is 0 Å². The van der Waals surface area contributed by atoms with Gasteiger partial charge in [-0.25, -0.2) is 0 Å². The van der Waals surface area contributed by atoms with Crippen LogP contribution < -0.4 is 5.32 Å². The van der Waals surface area contributed by atoms with Crippen LogP contribution in [0.4, 0.5) is 0 Å². The number of nitrogens with one attached hydrogen (secondary N) is 1. The van der Waals surface area contributed by atoms with Crippen LogP contribution in [0.3, 0.4) is 0 Å². The topological polar surface area (TPSA) is 41.5 Å². The highest BCUT2D eigenvalue weighted by atomic mass is 16.1. The molecule has 0 saturated heterocycles. The molecule has 50 valence electrons. The number of hydrogen-bond donors (Lipinski definition) is 1. The van der Waals surface area contributed by atoms with E-state index in [-0.39, 0.29) is 5.78 Å². The number of hydrogen-bond acceptors (Lipinski definition) is 3. The van der Waals surface area contributed by atoms with E-state index in [1.807, 2.05) is 0 Å². The largest absolute Gasteiger partial charge is 0.376 e. The Balaban J connectivity index is 2.43. The third-order valence-electron chi connectivity index (χ3n) is 1.50. The van der Waals surface area contributed by atoms with Crippen LogP contribution >= 0.6 is 0 Å². The molecule has 2 aliphatic rings. The van der Waals surface area contributed by atoms with E-state index in [4.69, 9.17) is 0 Å². The fourth-order valence-electron chi connectivity index (χ4n) is 1.01. The number of rotatable bonds is 0. The maximum Gasteiger partial charge on any atom is 0.175 e. The lowest BCUT2D eigenvalue weighted by molar-refractivity contribution is -0.113. The first-order chi connectivity index (χ1) is 4.86. The number of carbonyl (C=O) groups is 1. The first kappa shape index (κ1) is 5.41. The van der Waals surface area contributed by atoms with Gasteiger partial charge in [0.25, 0.3) is 0 Å². The van der Waals surface area contributed by atoms with Crippen molar-refractivity contribution in [1.82, 2.24) is 5.32 Å². The van der Waals surface area contributed by atoms with Crippen LogP contribution in [0.5, 0.6) is 0 Å². The van der Waals surface area contributed by atoms with Crippen LogP contribution in [0.25, 0.3) is 0 Å². The monoisotopic (exact) mass is 134 g/mol. The van der Waals surface area contributed by atoms with Crippen molar-refractivity contribution >= 4 is 12.0 Å². The number of allylic oxidation sites excluding steroid dienone is 1. The van der Waals surface area contributed by atoms with Crippen molar-refractivity contribution < 1.29 is 4.79 Å². The van der Waals surface area contributed by atoms with E-state index in [2.05, 4.69) is 10.3 Å². The summed E-state index contributed by atoms with van der Waals surface area (Å²) in [5, 5.41) is 2.95. The highest BCUT2D eigenvalue weighted by molar-refractivity contribution is 6.02. The van der Waals surface area contributed by atoms with Crippen LogP contribution in [0.2, 0.25) is 0 Å². The zero-order valence-corrected chi connectivity index (χ0v) is 5.29. The molecule has 0 aromatic heterocycles. The van der Waals surface area contributed by atoms with Gasteiger partial charge in [0.2, 0.25) is 0 Å². The minimum absolute atomic E-state index is 0.112. The van der Waals surface area contributed by atoms with Gasteiger partial charge < -0.3 is 5.32 Å². The van der Waals surface area contributed by atoms with Crippen LogP contribution in [-0.4, -0.2) is 18.5 Å². The van der Waals surface area contributed by atoms with E-state index in [1.54, 1.807) is 18.5 Å². The molecule has 1 N–H and O–H groups in total. The maximum absolute atomic E-state index is 10.8. The Morgan fingerprint density at radius 2 is 2.50 bits per heavy atom. The highest BCUT2D eigenvalue weighted by Gasteiger charge is 2.14. The molecule has 3 heteroatoms. The smallest absolute Gasteiger partial charge is 0.175 e. The summed E-state index contributed by atoms with van der Waals surface area (Å²) < 4.78 is 0. The summed E-state index contributed by atoms with van der Waals surface area (Å²) in [6, 6.07) is 0. The van der Waals surface area contributed by atoms with Gasteiger partial charge in [-0.2, -0.15) is 0 Å². The summed E-state index contributed by atoms with van der Waals surface area (Å²) in [7, 11) is 0. The van der Waals surface area contributed by atoms with Gasteiger partial charge in [-0.3, -0.25) is 9.79 Å². The molecular weight excluding hydrogens is 128 g/mol. The number of fused-ring (bicyclic) bond motifs is 1. The normalized spacial score (nSPS) is 21.4. The molecule has 0 atom stereocenters. The lowest BCUT2D eigenvalue weighted by Gasteiger charge is -2.10. The maximum atomic E-state index is 10.8. The lowest BCUT2D eigenvalue weighted by Crippen LogP contribution is -2.26. The number of aliphatic imine (C=N–C) groups is 1. The summed E-state index contributed by atoms with van der Waals surface area (Å²) in [4.78, 5) is 14.7. The number of nitrogens with zero attached hydrogens (tertiary/aromatic N) is 1. The predicted octanol–water partition coefficient (Wildman–Crippen LogP) is 0.0109. The number of carbonyl (C=O) groups excluding carboxylic acids is 1. The zero-order valence-electron chi connectivity index (χ0n) is 5.29. The minimum Gasteiger partial charge on any atom is -0.376 e. The molecule has 2 aliphatic heterocycles. The standard InChI is InChI=1S/C7H6N2O/c10-6-1-5-2-8-4-7(5)9-3-6/h1-2,4,9H,3H2. The molecule has 0 fully saturated rings. The van der Waals surface area contributed by atoms with E-state index >= 15 is 0 Å². The van der Waals surface area contributed by atoms with E-state index in [1.165, 1.54) is 0 Å². The van der Waals surface area contributed by atoms with Crippen LogP contribution in [-0.2, 0) is 4.79 Å². The van der Waals surface area contributed by atoms with Crippen LogP contribution in [0.15, 0.2) is 28.5 Å². The van der Waals surface area contributed by atoms with Crippen LogP contribution in [0.1, 0.15) is 0 Å². The van der Waals surface area contributed by atoms with Gasteiger partial charge in [0, 0.05) is 11.8 Å². The Hall–Kier alpha value is -1.38. The third-order valence-corrected chi connectivity index (χ3v) is 1.50. The van der Waals surface area contributed by atoms with Crippen LogP contribution in [0, 0.1) is 0 Å². The van der Waals surface area contributed by atoms with Crippen molar-refractivity contribution in [1.29, 1.82) is 0 Å². The van der Waals surface area contributed by atoms with Gasteiger partial charge in [-0.05, 0) is 6.08 Å². The zero-order chi connectivity index (χ0) is 6.97. The summed E-state index contributed by atoms with van der Waals surface area (Å²) in [5.74, 6) is 0.112. The quantitative estimate of drug-likeness (QED) is 0.507. The molecule has 0 spiro atoms. The fourth-order valence-corrected chi connectivity index (χ4v) is 1.01. The molecule has 0 radical (unpaired) electrons. The first-order valence-corrected chi connectivity index (χ1v) is 3.08. The third kappa shape index (κ3) is 0.673. The van der Waals surface area contributed by atoms with Gasteiger partial charge in [-0.1, -0.05) is 0 Å². The summed E-state index contributed by atoms with van der Waals surface area (Å²) in [6.45, 7) is 0.401. The summed E-state index contributed by atoms with van der Waals surface area (Å²) >= 11 is 0. The molecule has 10 heavy (non-hydrogen) atoms. The molecule has 0 unspecified atom stereocenters. The molecule has 0 amide bonds. The van der Waals surface area contributed by atoms with Gasteiger partial charge >= 0.3 is 0 Å². The Bertz CT molecular complexity index is 273. The Morgan fingerprint density at radius 1 is 1.60 bits per heavy atom. The molecule has 2 heterocycles.